The van der Waals surface area contributed by atoms with Crippen molar-refractivity contribution in [2.24, 2.45) is 0 Å². The highest BCUT2D eigenvalue weighted by Gasteiger charge is 2.31. The van der Waals surface area contributed by atoms with Gasteiger partial charge in [0.25, 0.3) is 5.91 Å². The van der Waals surface area contributed by atoms with Crippen LogP contribution in [-0.4, -0.2) is 42.0 Å². The van der Waals surface area contributed by atoms with Crippen molar-refractivity contribution < 1.29 is 18.7 Å². The maximum Gasteiger partial charge on any atom is 0.338 e. The Labute approximate surface area is 193 Å². The molecule has 1 saturated heterocycles. The minimum atomic E-state index is -0.479. The summed E-state index contributed by atoms with van der Waals surface area (Å²) in [6.07, 6.45) is 1.77. The maximum absolute atomic E-state index is 13.2. The van der Waals surface area contributed by atoms with Crippen LogP contribution in [0.15, 0.2) is 60.8 Å². The van der Waals surface area contributed by atoms with Gasteiger partial charge in [-0.3, -0.25) is 4.79 Å². The van der Waals surface area contributed by atoms with Gasteiger partial charge in [0.05, 0.1) is 18.9 Å². The number of amides is 1. The lowest BCUT2D eigenvalue weighted by Crippen LogP contribution is -2.29. The molecule has 1 fully saturated rings. The first-order valence-corrected chi connectivity index (χ1v) is 11.1. The molecular formula is C27H27FN2O3. The van der Waals surface area contributed by atoms with Crippen molar-refractivity contribution in [3.63, 3.8) is 0 Å². The van der Waals surface area contributed by atoms with Gasteiger partial charge in [-0.1, -0.05) is 50.2 Å². The Kier molecular flexibility index (Phi) is 6.54. The summed E-state index contributed by atoms with van der Waals surface area (Å²) < 4.78 is 18.3. The van der Waals surface area contributed by atoms with Gasteiger partial charge < -0.3 is 9.64 Å². The zero-order valence-electron chi connectivity index (χ0n) is 19.0. The Morgan fingerprint density at radius 1 is 1.12 bits per heavy atom. The average molecular weight is 447 g/mol. The quantitative estimate of drug-likeness (QED) is 0.491. The molecule has 0 aliphatic carbocycles. The molecule has 5 nitrogen and oxygen atoms in total. The lowest BCUT2D eigenvalue weighted by molar-refractivity contribution is 0.0599. The van der Waals surface area contributed by atoms with Crippen LogP contribution in [0.25, 0.3) is 11.1 Å². The number of nitrogens with zero attached hydrogens (tertiary/aromatic N) is 2. The summed E-state index contributed by atoms with van der Waals surface area (Å²) in [5.41, 5.74) is 4.87. The van der Waals surface area contributed by atoms with Gasteiger partial charge in [0.1, 0.15) is 11.5 Å². The van der Waals surface area contributed by atoms with Gasteiger partial charge in [-0.25, -0.2) is 14.2 Å². The zero-order chi connectivity index (χ0) is 23.5. The van der Waals surface area contributed by atoms with Crippen LogP contribution in [-0.2, 0) is 4.74 Å². The lowest BCUT2D eigenvalue weighted by atomic mass is 9.88. The van der Waals surface area contributed by atoms with Crippen LogP contribution in [0, 0.1) is 5.82 Å². The van der Waals surface area contributed by atoms with E-state index in [1.165, 1.54) is 24.8 Å². The highest BCUT2D eigenvalue weighted by Crippen LogP contribution is 2.35. The van der Waals surface area contributed by atoms with E-state index in [2.05, 4.69) is 31.0 Å². The van der Waals surface area contributed by atoms with Crippen molar-refractivity contribution in [2.45, 2.75) is 32.1 Å². The third kappa shape index (κ3) is 4.65. The number of likely N-dealkylation sites (tertiary alicyclic amines) is 1. The van der Waals surface area contributed by atoms with Crippen LogP contribution in [0.3, 0.4) is 0 Å². The van der Waals surface area contributed by atoms with Gasteiger partial charge in [0, 0.05) is 19.0 Å². The van der Waals surface area contributed by atoms with E-state index in [0.717, 1.165) is 29.3 Å². The van der Waals surface area contributed by atoms with Crippen molar-refractivity contribution in [1.82, 2.24) is 9.88 Å². The highest BCUT2D eigenvalue weighted by atomic mass is 19.1. The van der Waals surface area contributed by atoms with E-state index in [1.54, 1.807) is 4.90 Å². The minimum absolute atomic E-state index is 0.00195. The normalized spacial score (nSPS) is 15.7. The molecular weight excluding hydrogens is 419 g/mol. The fourth-order valence-electron chi connectivity index (χ4n) is 4.49. The Morgan fingerprint density at radius 2 is 1.91 bits per heavy atom. The Bertz CT molecular complexity index is 1170. The number of hydrogen-bond donors (Lipinski definition) is 0. The number of ether oxygens (including phenoxy) is 1. The second-order valence-electron chi connectivity index (χ2n) is 8.63. The molecule has 1 aliphatic heterocycles. The minimum Gasteiger partial charge on any atom is -0.465 e. The molecule has 1 unspecified atom stereocenters. The van der Waals surface area contributed by atoms with Crippen LogP contribution in [0.4, 0.5) is 4.39 Å². The topological polar surface area (TPSA) is 59.5 Å². The van der Waals surface area contributed by atoms with Crippen LogP contribution >= 0.6 is 0 Å². The fraction of sp³-hybridized carbons (Fsp3) is 0.296. The summed E-state index contributed by atoms with van der Waals surface area (Å²) in [4.78, 5) is 31.1. The van der Waals surface area contributed by atoms with E-state index in [9.17, 15) is 14.0 Å². The maximum atomic E-state index is 13.2. The number of hydrogen-bond acceptors (Lipinski definition) is 4. The third-order valence-electron chi connectivity index (χ3n) is 6.21. The second-order valence-corrected chi connectivity index (χ2v) is 8.63. The second kappa shape index (κ2) is 9.53. The third-order valence-corrected chi connectivity index (χ3v) is 6.21. The molecule has 0 spiro atoms. The van der Waals surface area contributed by atoms with Gasteiger partial charge in [-0.2, -0.15) is 0 Å². The van der Waals surface area contributed by atoms with Gasteiger partial charge in [0.2, 0.25) is 0 Å². The standard InChI is InChI=1S/C27H27FN2O3/c1-17(2)21-6-4-5-7-22(21)18-8-10-23(24(14-18)27(32)33-3)19-12-13-30(16-19)26(31)25-11-9-20(28)15-29-25/h4-11,14-15,17,19H,12-13,16H2,1-3H3. The number of aromatic nitrogens is 1. The molecule has 1 aliphatic rings. The molecule has 2 heterocycles. The van der Waals surface area contributed by atoms with E-state index in [1.807, 2.05) is 30.3 Å². The number of rotatable bonds is 5. The first-order valence-electron chi connectivity index (χ1n) is 11.1. The molecule has 0 N–H and O–H groups in total. The monoisotopic (exact) mass is 446 g/mol. The first-order chi connectivity index (χ1) is 15.9. The number of esters is 1. The van der Waals surface area contributed by atoms with E-state index in [-0.39, 0.29) is 23.5 Å². The number of methoxy groups -OCH3 is 1. The Hall–Kier alpha value is -3.54. The molecule has 0 radical (unpaired) electrons. The number of pyridine rings is 1. The summed E-state index contributed by atoms with van der Waals surface area (Å²) in [6, 6.07) is 16.7. The molecule has 4 rings (SSSR count). The Balaban J connectivity index is 1.64. The number of benzene rings is 2. The largest absolute Gasteiger partial charge is 0.465 e. The van der Waals surface area contributed by atoms with E-state index < -0.39 is 5.82 Å². The van der Waals surface area contributed by atoms with Crippen LogP contribution in [0.2, 0.25) is 0 Å². The van der Waals surface area contributed by atoms with Gasteiger partial charge >= 0.3 is 5.97 Å². The van der Waals surface area contributed by atoms with Gasteiger partial charge in [-0.15, -0.1) is 0 Å². The molecule has 3 aromatic rings. The summed E-state index contributed by atoms with van der Waals surface area (Å²) >= 11 is 0. The molecule has 1 aromatic heterocycles. The predicted molar refractivity (Wildman–Crippen MR) is 125 cm³/mol. The van der Waals surface area contributed by atoms with E-state index in [4.69, 9.17) is 4.74 Å². The Morgan fingerprint density at radius 3 is 2.61 bits per heavy atom. The number of carbonyl (C=O) groups excluding carboxylic acids is 2. The molecule has 170 valence electrons. The van der Waals surface area contributed by atoms with E-state index in [0.29, 0.717) is 24.6 Å². The number of carbonyl (C=O) groups is 2. The van der Waals surface area contributed by atoms with Gasteiger partial charge in [-0.05, 0) is 52.8 Å². The average Bonchev–Trinajstić information content (AvgIpc) is 3.33. The molecule has 0 bridgehead atoms. The molecule has 2 aromatic carbocycles. The highest BCUT2D eigenvalue weighted by molar-refractivity contribution is 5.94. The molecule has 1 atom stereocenters. The summed E-state index contributed by atoms with van der Waals surface area (Å²) in [6.45, 7) is 5.30. The van der Waals surface area contributed by atoms with Crippen LogP contribution in [0.1, 0.15) is 64.1 Å². The molecule has 0 saturated carbocycles. The van der Waals surface area contributed by atoms with Crippen molar-refractivity contribution in [1.29, 1.82) is 0 Å². The molecule has 1 amide bonds. The summed E-state index contributed by atoms with van der Waals surface area (Å²) in [5.74, 6) is -0.763. The van der Waals surface area contributed by atoms with Crippen LogP contribution in [0.5, 0.6) is 0 Å². The summed E-state index contributed by atoms with van der Waals surface area (Å²) in [5, 5.41) is 0. The molecule has 6 heteroatoms. The van der Waals surface area contributed by atoms with E-state index >= 15 is 0 Å². The summed E-state index contributed by atoms with van der Waals surface area (Å²) in [7, 11) is 1.38. The smallest absolute Gasteiger partial charge is 0.338 e. The van der Waals surface area contributed by atoms with Crippen molar-refractivity contribution in [3.05, 3.63) is 89.0 Å². The van der Waals surface area contributed by atoms with Crippen molar-refractivity contribution in [3.8, 4) is 11.1 Å². The first kappa shape index (κ1) is 22.6. The number of halogens is 1. The predicted octanol–water partition coefficient (Wildman–Crippen LogP) is 5.43. The fourth-order valence-corrected chi connectivity index (χ4v) is 4.49. The lowest BCUT2D eigenvalue weighted by Gasteiger charge is -2.19. The van der Waals surface area contributed by atoms with Crippen LogP contribution < -0.4 is 0 Å². The zero-order valence-corrected chi connectivity index (χ0v) is 19.0. The van der Waals surface area contributed by atoms with Crippen molar-refractivity contribution >= 4 is 11.9 Å². The molecule has 33 heavy (non-hydrogen) atoms. The SMILES string of the molecule is COC(=O)c1cc(-c2ccccc2C(C)C)ccc1C1CCN(C(=O)c2ccc(F)cn2)C1. The van der Waals surface area contributed by atoms with Gasteiger partial charge in [0.15, 0.2) is 0 Å². The van der Waals surface area contributed by atoms with Crippen molar-refractivity contribution in [2.75, 3.05) is 20.2 Å².